The molecule has 0 saturated heterocycles. The molecule has 0 heterocycles. The van der Waals surface area contributed by atoms with Crippen LogP contribution in [-0.4, -0.2) is 13.9 Å². The minimum Gasteiger partial charge on any atom is -0.326 e. The number of benzene rings is 1. The first-order chi connectivity index (χ1) is 7.78. The van der Waals surface area contributed by atoms with E-state index in [9.17, 15) is 21.6 Å². The fraction of sp³-hybridized carbons (Fsp3) is 0.333. The fourth-order valence-corrected chi connectivity index (χ4v) is 1.69. The molecule has 0 aliphatic rings. The second kappa shape index (κ2) is 5.03. The highest BCUT2D eigenvalue weighted by Gasteiger charge is 2.45. The summed E-state index contributed by atoms with van der Waals surface area (Å²) >= 11 is 0. The lowest BCUT2D eigenvalue weighted by atomic mass is 10.1. The molecule has 0 saturated carbocycles. The summed E-state index contributed by atoms with van der Waals surface area (Å²) < 4.78 is 59.1. The van der Waals surface area contributed by atoms with Crippen LogP contribution in [0.2, 0.25) is 0 Å². The van der Waals surface area contributed by atoms with Gasteiger partial charge in [0.1, 0.15) is 0 Å². The van der Waals surface area contributed by atoms with Crippen LogP contribution in [0.4, 0.5) is 13.2 Å². The molecule has 1 aromatic rings. The summed E-state index contributed by atoms with van der Waals surface area (Å²) in [4.78, 5) is 0. The minimum absolute atomic E-state index is 0.129. The number of halogens is 3. The molecule has 1 aromatic carbocycles. The van der Waals surface area contributed by atoms with Gasteiger partial charge in [-0.3, -0.25) is 0 Å². The Morgan fingerprint density at radius 3 is 2.18 bits per heavy atom. The van der Waals surface area contributed by atoms with Gasteiger partial charge in [-0.25, -0.2) is 13.1 Å². The van der Waals surface area contributed by atoms with Crippen molar-refractivity contribution in [1.82, 2.24) is 4.72 Å². The van der Waals surface area contributed by atoms with Crippen LogP contribution in [-0.2, 0) is 23.1 Å². The van der Waals surface area contributed by atoms with Gasteiger partial charge in [0, 0.05) is 13.1 Å². The Morgan fingerprint density at radius 1 is 1.18 bits per heavy atom. The van der Waals surface area contributed by atoms with E-state index >= 15 is 0 Å². The second-order valence-corrected chi connectivity index (χ2v) is 5.00. The first kappa shape index (κ1) is 13.9. The van der Waals surface area contributed by atoms with Crippen LogP contribution < -0.4 is 10.5 Å². The lowest BCUT2D eigenvalue weighted by molar-refractivity contribution is -0.0448. The normalized spacial score (nSPS) is 12.7. The number of sulfonamides is 1. The number of nitrogens with one attached hydrogen (secondary N) is 1. The van der Waals surface area contributed by atoms with Gasteiger partial charge >= 0.3 is 15.5 Å². The first-order valence-electron chi connectivity index (χ1n) is 4.60. The molecule has 0 aliphatic carbocycles. The zero-order valence-corrected chi connectivity index (χ0v) is 9.48. The zero-order valence-electron chi connectivity index (χ0n) is 8.66. The Kier molecular flexibility index (Phi) is 4.12. The van der Waals surface area contributed by atoms with Crippen molar-refractivity contribution in [1.29, 1.82) is 0 Å². The molecule has 0 unspecified atom stereocenters. The minimum atomic E-state index is -5.31. The van der Waals surface area contributed by atoms with E-state index in [4.69, 9.17) is 5.73 Å². The molecule has 3 N–H and O–H groups in total. The maximum atomic E-state index is 12.0. The Labute approximate surface area is 96.7 Å². The molecule has 0 fully saturated rings. The monoisotopic (exact) mass is 268 g/mol. The topological polar surface area (TPSA) is 72.2 Å². The van der Waals surface area contributed by atoms with Crippen molar-refractivity contribution in [2.45, 2.75) is 18.6 Å². The van der Waals surface area contributed by atoms with Gasteiger partial charge in [0.05, 0.1) is 0 Å². The van der Waals surface area contributed by atoms with Crippen LogP contribution in [0.1, 0.15) is 11.1 Å². The number of hydrogen-bond donors (Lipinski definition) is 2. The fourth-order valence-electron chi connectivity index (χ4n) is 1.18. The molecule has 0 bridgehead atoms. The standard InChI is InChI=1S/C9H11F3N2O2S/c10-9(11,12)17(15,16)14-6-8-4-2-1-3-7(8)5-13/h1-4,14H,5-6,13H2. The molecule has 0 amide bonds. The summed E-state index contributed by atoms with van der Waals surface area (Å²) in [5.41, 5.74) is 1.09. The Morgan fingerprint density at radius 2 is 1.71 bits per heavy atom. The number of nitrogens with two attached hydrogens (primary N) is 1. The van der Waals surface area contributed by atoms with E-state index in [1.54, 1.807) is 18.2 Å². The molecule has 1 rings (SSSR count). The molecule has 4 nitrogen and oxygen atoms in total. The van der Waals surface area contributed by atoms with E-state index in [0.717, 1.165) is 0 Å². The van der Waals surface area contributed by atoms with Crippen LogP contribution >= 0.6 is 0 Å². The van der Waals surface area contributed by atoms with E-state index in [-0.39, 0.29) is 6.54 Å². The molecular weight excluding hydrogens is 257 g/mol. The van der Waals surface area contributed by atoms with E-state index in [1.165, 1.54) is 10.8 Å². The Bertz CT molecular complexity index is 485. The third-order valence-corrected chi connectivity index (χ3v) is 3.23. The Hall–Kier alpha value is -1.12. The highest BCUT2D eigenvalue weighted by Crippen LogP contribution is 2.22. The second-order valence-electron chi connectivity index (χ2n) is 3.24. The van der Waals surface area contributed by atoms with Gasteiger partial charge in [-0.1, -0.05) is 24.3 Å². The summed E-state index contributed by atoms with van der Waals surface area (Å²) in [6.45, 7) is -0.306. The highest BCUT2D eigenvalue weighted by atomic mass is 32.2. The van der Waals surface area contributed by atoms with Crippen molar-refractivity contribution < 1.29 is 21.6 Å². The van der Waals surface area contributed by atoms with Crippen LogP contribution in [0.5, 0.6) is 0 Å². The maximum absolute atomic E-state index is 12.0. The van der Waals surface area contributed by atoms with E-state index in [2.05, 4.69) is 0 Å². The molecule has 96 valence electrons. The van der Waals surface area contributed by atoms with Gasteiger partial charge in [-0.15, -0.1) is 0 Å². The van der Waals surface area contributed by atoms with Crippen molar-refractivity contribution in [3.05, 3.63) is 35.4 Å². The van der Waals surface area contributed by atoms with Gasteiger partial charge in [0.15, 0.2) is 0 Å². The van der Waals surface area contributed by atoms with E-state index in [0.29, 0.717) is 11.1 Å². The predicted molar refractivity (Wildman–Crippen MR) is 56.1 cm³/mol. The van der Waals surface area contributed by atoms with Gasteiger partial charge in [0.25, 0.3) is 0 Å². The number of rotatable bonds is 4. The number of hydrogen-bond acceptors (Lipinski definition) is 3. The first-order valence-corrected chi connectivity index (χ1v) is 6.09. The van der Waals surface area contributed by atoms with Gasteiger partial charge in [-0.2, -0.15) is 13.2 Å². The third kappa shape index (κ3) is 3.42. The maximum Gasteiger partial charge on any atom is 0.511 e. The van der Waals surface area contributed by atoms with Crippen LogP contribution in [0.15, 0.2) is 24.3 Å². The zero-order chi connectivity index (χ0) is 13.1. The van der Waals surface area contributed by atoms with Crippen molar-refractivity contribution >= 4 is 10.0 Å². The average molecular weight is 268 g/mol. The van der Waals surface area contributed by atoms with Crippen LogP contribution in [0.25, 0.3) is 0 Å². The average Bonchev–Trinajstić information content (AvgIpc) is 2.25. The Balaban J connectivity index is 2.82. The molecule has 0 atom stereocenters. The van der Waals surface area contributed by atoms with E-state index < -0.39 is 22.1 Å². The number of alkyl halides is 3. The van der Waals surface area contributed by atoms with Crippen LogP contribution in [0, 0.1) is 0 Å². The molecular formula is C9H11F3N2O2S. The third-order valence-electron chi connectivity index (χ3n) is 2.10. The molecule has 0 aliphatic heterocycles. The predicted octanol–water partition coefficient (Wildman–Crippen LogP) is 1.08. The lowest BCUT2D eigenvalue weighted by Gasteiger charge is -2.11. The lowest BCUT2D eigenvalue weighted by Crippen LogP contribution is -2.36. The summed E-state index contributed by atoms with van der Waals surface area (Å²) in [5, 5.41) is 0. The van der Waals surface area contributed by atoms with Gasteiger partial charge in [-0.05, 0) is 11.1 Å². The molecule has 0 spiro atoms. The molecule has 0 aromatic heterocycles. The van der Waals surface area contributed by atoms with Crippen LogP contribution in [0.3, 0.4) is 0 Å². The highest BCUT2D eigenvalue weighted by molar-refractivity contribution is 7.90. The van der Waals surface area contributed by atoms with Crippen molar-refractivity contribution in [3.8, 4) is 0 Å². The van der Waals surface area contributed by atoms with Crippen molar-refractivity contribution in [2.75, 3.05) is 0 Å². The molecule has 8 heteroatoms. The smallest absolute Gasteiger partial charge is 0.326 e. The SMILES string of the molecule is NCc1ccccc1CNS(=O)(=O)C(F)(F)F. The molecule has 0 radical (unpaired) electrons. The quantitative estimate of drug-likeness (QED) is 0.858. The van der Waals surface area contributed by atoms with Gasteiger partial charge in [0.2, 0.25) is 0 Å². The largest absolute Gasteiger partial charge is 0.511 e. The summed E-state index contributed by atoms with van der Waals surface area (Å²) in [6, 6.07) is 6.40. The molecule has 17 heavy (non-hydrogen) atoms. The van der Waals surface area contributed by atoms with Crippen molar-refractivity contribution in [3.63, 3.8) is 0 Å². The van der Waals surface area contributed by atoms with Crippen molar-refractivity contribution in [2.24, 2.45) is 5.73 Å². The van der Waals surface area contributed by atoms with Gasteiger partial charge < -0.3 is 5.73 Å². The van der Waals surface area contributed by atoms with E-state index in [1.807, 2.05) is 0 Å². The summed E-state index contributed by atoms with van der Waals surface area (Å²) in [6.07, 6.45) is 0. The summed E-state index contributed by atoms with van der Waals surface area (Å²) in [7, 11) is -5.31. The summed E-state index contributed by atoms with van der Waals surface area (Å²) in [5.74, 6) is 0.